The zero-order valence-electron chi connectivity index (χ0n) is 4.97. The Balaban J connectivity index is 2.85. The third-order valence-electron chi connectivity index (χ3n) is 0.885. The molecule has 0 aromatic carbocycles. The second-order valence-corrected chi connectivity index (χ2v) is 4.23. The Labute approximate surface area is 66.2 Å². The Morgan fingerprint density at radius 3 is 2.78 bits per heavy atom. The Kier molecular flexibility index (Phi) is 2.21. The monoisotopic (exact) mass is 206 g/mol. The summed E-state index contributed by atoms with van der Waals surface area (Å²) in [6.45, 7) is 1.92. The van der Waals surface area contributed by atoms with Crippen molar-refractivity contribution in [3.8, 4) is 0 Å². The first kappa shape index (κ1) is 7.18. The standard InChI is InChI=1S/C5H7BrN2S/c1-3(7)5-8-2-4(6)9-5/h2-3H,7H2,1H3. The highest BCUT2D eigenvalue weighted by Crippen LogP contribution is 2.22. The van der Waals surface area contributed by atoms with E-state index in [9.17, 15) is 0 Å². The predicted octanol–water partition coefficient (Wildman–Crippen LogP) is 1.93. The van der Waals surface area contributed by atoms with Crippen LogP contribution in [0.1, 0.15) is 18.0 Å². The van der Waals surface area contributed by atoms with E-state index in [1.54, 1.807) is 17.5 Å². The summed E-state index contributed by atoms with van der Waals surface area (Å²) >= 11 is 4.88. The molecular formula is C5H7BrN2S. The highest BCUT2D eigenvalue weighted by atomic mass is 79.9. The fourth-order valence-electron chi connectivity index (χ4n) is 0.477. The van der Waals surface area contributed by atoms with Gasteiger partial charge in [-0.25, -0.2) is 4.98 Å². The van der Waals surface area contributed by atoms with E-state index in [2.05, 4.69) is 20.9 Å². The van der Waals surface area contributed by atoms with Crippen molar-refractivity contribution in [2.75, 3.05) is 0 Å². The van der Waals surface area contributed by atoms with Crippen molar-refractivity contribution in [3.05, 3.63) is 15.0 Å². The van der Waals surface area contributed by atoms with Crippen molar-refractivity contribution in [1.82, 2.24) is 4.98 Å². The fourth-order valence-corrected chi connectivity index (χ4v) is 1.67. The SMILES string of the molecule is CC(N)c1ncc(Br)s1. The lowest BCUT2D eigenvalue weighted by Crippen LogP contribution is -2.03. The van der Waals surface area contributed by atoms with Crippen molar-refractivity contribution >= 4 is 27.3 Å². The number of halogens is 1. The number of thiazole rings is 1. The number of nitrogens with two attached hydrogens (primary N) is 1. The van der Waals surface area contributed by atoms with Gasteiger partial charge in [0.2, 0.25) is 0 Å². The number of hydrogen-bond donors (Lipinski definition) is 1. The molecule has 2 N–H and O–H groups in total. The molecule has 0 aliphatic rings. The van der Waals surface area contributed by atoms with Gasteiger partial charge in [0.05, 0.1) is 16.0 Å². The van der Waals surface area contributed by atoms with Gasteiger partial charge in [0.1, 0.15) is 5.01 Å². The summed E-state index contributed by atoms with van der Waals surface area (Å²) < 4.78 is 1.04. The molecule has 0 amide bonds. The summed E-state index contributed by atoms with van der Waals surface area (Å²) in [7, 11) is 0. The molecule has 1 atom stereocenters. The van der Waals surface area contributed by atoms with E-state index in [4.69, 9.17) is 5.73 Å². The Bertz CT molecular complexity index is 197. The third kappa shape index (κ3) is 1.74. The minimum atomic E-state index is 0.0568. The van der Waals surface area contributed by atoms with Crippen molar-refractivity contribution < 1.29 is 0 Å². The lowest BCUT2D eigenvalue weighted by molar-refractivity contribution is 0.807. The van der Waals surface area contributed by atoms with Gasteiger partial charge >= 0.3 is 0 Å². The van der Waals surface area contributed by atoms with E-state index in [0.29, 0.717) is 0 Å². The van der Waals surface area contributed by atoms with Crippen LogP contribution in [-0.4, -0.2) is 4.98 Å². The fraction of sp³-hybridized carbons (Fsp3) is 0.400. The maximum absolute atomic E-state index is 5.55. The molecule has 1 aromatic rings. The van der Waals surface area contributed by atoms with Crippen LogP contribution in [0.4, 0.5) is 0 Å². The van der Waals surface area contributed by atoms with Crippen LogP contribution in [0.5, 0.6) is 0 Å². The van der Waals surface area contributed by atoms with Crippen molar-refractivity contribution in [2.45, 2.75) is 13.0 Å². The van der Waals surface area contributed by atoms with Crippen molar-refractivity contribution in [2.24, 2.45) is 5.73 Å². The molecule has 2 nitrogen and oxygen atoms in total. The topological polar surface area (TPSA) is 38.9 Å². The molecule has 0 fully saturated rings. The second-order valence-electron chi connectivity index (χ2n) is 1.79. The quantitative estimate of drug-likeness (QED) is 0.764. The van der Waals surface area contributed by atoms with Gasteiger partial charge in [-0.3, -0.25) is 0 Å². The minimum Gasteiger partial charge on any atom is -0.322 e. The van der Waals surface area contributed by atoms with Crippen LogP contribution >= 0.6 is 27.3 Å². The Morgan fingerprint density at radius 1 is 1.89 bits per heavy atom. The Hall–Kier alpha value is 0.0700. The molecule has 1 unspecified atom stereocenters. The molecule has 0 bridgehead atoms. The summed E-state index contributed by atoms with van der Waals surface area (Å²) in [4.78, 5) is 4.06. The zero-order chi connectivity index (χ0) is 6.85. The highest BCUT2D eigenvalue weighted by Gasteiger charge is 2.02. The van der Waals surface area contributed by atoms with Crippen LogP contribution in [0.15, 0.2) is 9.98 Å². The molecular weight excluding hydrogens is 200 g/mol. The third-order valence-corrected chi connectivity index (χ3v) is 2.56. The van der Waals surface area contributed by atoms with Crippen LogP contribution in [0.25, 0.3) is 0 Å². The summed E-state index contributed by atoms with van der Waals surface area (Å²) in [6.07, 6.45) is 1.77. The van der Waals surface area contributed by atoms with Gasteiger partial charge in [-0.1, -0.05) is 0 Å². The molecule has 0 saturated carbocycles. The summed E-state index contributed by atoms with van der Waals surface area (Å²) in [5, 5.41) is 0.974. The molecule has 9 heavy (non-hydrogen) atoms. The first-order chi connectivity index (χ1) is 4.20. The maximum atomic E-state index is 5.55. The highest BCUT2D eigenvalue weighted by molar-refractivity contribution is 9.11. The lowest BCUT2D eigenvalue weighted by atomic mass is 10.4. The number of hydrogen-bond acceptors (Lipinski definition) is 3. The zero-order valence-corrected chi connectivity index (χ0v) is 7.37. The number of nitrogens with zero attached hydrogens (tertiary/aromatic N) is 1. The van der Waals surface area contributed by atoms with Crippen molar-refractivity contribution in [3.63, 3.8) is 0 Å². The van der Waals surface area contributed by atoms with Crippen LogP contribution in [0.2, 0.25) is 0 Å². The van der Waals surface area contributed by atoms with Gasteiger partial charge in [0.25, 0.3) is 0 Å². The molecule has 1 aromatic heterocycles. The average Bonchev–Trinajstić information content (AvgIpc) is 2.14. The van der Waals surface area contributed by atoms with Crippen molar-refractivity contribution in [1.29, 1.82) is 0 Å². The molecule has 0 radical (unpaired) electrons. The van der Waals surface area contributed by atoms with Crippen LogP contribution < -0.4 is 5.73 Å². The van der Waals surface area contributed by atoms with E-state index >= 15 is 0 Å². The van der Waals surface area contributed by atoms with E-state index in [1.807, 2.05) is 6.92 Å². The first-order valence-corrected chi connectivity index (χ1v) is 4.18. The molecule has 0 aliphatic carbocycles. The largest absolute Gasteiger partial charge is 0.322 e. The van der Waals surface area contributed by atoms with E-state index in [-0.39, 0.29) is 6.04 Å². The van der Waals surface area contributed by atoms with Crippen LogP contribution in [-0.2, 0) is 0 Å². The predicted molar refractivity (Wildman–Crippen MR) is 42.4 cm³/mol. The van der Waals surface area contributed by atoms with Gasteiger partial charge in [0.15, 0.2) is 0 Å². The van der Waals surface area contributed by atoms with E-state index < -0.39 is 0 Å². The number of rotatable bonds is 1. The number of aromatic nitrogens is 1. The average molecular weight is 207 g/mol. The Morgan fingerprint density at radius 2 is 2.56 bits per heavy atom. The first-order valence-electron chi connectivity index (χ1n) is 2.57. The molecule has 1 heterocycles. The maximum Gasteiger partial charge on any atom is 0.110 e. The summed E-state index contributed by atoms with van der Waals surface area (Å²) in [6, 6.07) is 0.0568. The molecule has 4 heteroatoms. The van der Waals surface area contributed by atoms with Crippen LogP contribution in [0, 0.1) is 0 Å². The van der Waals surface area contributed by atoms with Crippen LogP contribution in [0.3, 0.4) is 0 Å². The van der Waals surface area contributed by atoms with Gasteiger partial charge in [-0.05, 0) is 22.9 Å². The molecule has 50 valence electrons. The van der Waals surface area contributed by atoms with E-state index in [1.165, 1.54) is 0 Å². The lowest BCUT2D eigenvalue weighted by Gasteiger charge is -1.94. The summed E-state index contributed by atoms with van der Waals surface area (Å²) in [5.74, 6) is 0. The minimum absolute atomic E-state index is 0.0568. The van der Waals surface area contributed by atoms with E-state index in [0.717, 1.165) is 8.79 Å². The molecule has 0 aliphatic heterocycles. The van der Waals surface area contributed by atoms with Gasteiger partial charge in [0, 0.05) is 0 Å². The molecule has 0 spiro atoms. The van der Waals surface area contributed by atoms with Gasteiger partial charge < -0.3 is 5.73 Å². The smallest absolute Gasteiger partial charge is 0.110 e. The van der Waals surface area contributed by atoms with Gasteiger partial charge in [-0.2, -0.15) is 0 Å². The van der Waals surface area contributed by atoms with Gasteiger partial charge in [-0.15, -0.1) is 11.3 Å². The molecule has 1 rings (SSSR count). The molecule has 0 saturated heterocycles. The second kappa shape index (κ2) is 2.77. The summed E-state index contributed by atoms with van der Waals surface area (Å²) in [5.41, 5.74) is 5.55. The normalized spacial score (nSPS) is 13.7.